The van der Waals surface area contributed by atoms with Gasteiger partial charge in [-0.05, 0) is 24.1 Å². The van der Waals surface area contributed by atoms with Gasteiger partial charge in [-0.2, -0.15) is 0 Å². The van der Waals surface area contributed by atoms with E-state index in [0.717, 1.165) is 5.56 Å². The molecule has 6 nitrogen and oxygen atoms in total. The second kappa shape index (κ2) is 6.14. The van der Waals surface area contributed by atoms with Gasteiger partial charge in [-0.1, -0.05) is 17.3 Å². The molecule has 1 aliphatic heterocycles. The number of benzene rings is 1. The van der Waals surface area contributed by atoms with Crippen LogP contribution in [0.25, 0.3) is 0 Å². The van der Waals surface area contributed by atoms with E-state index >= 15 is 0 Å². The first-order valence-electron chi connectivity index (χ1n) is 6.04. The lowest BCUT2D eigenvalue weighted by molar-refractivity contribution is -0.131. The number of carbonyl (C=O) groups excluding carboxylic acids is 1. The number of aliphatic carboxylic acids is 1. The van der Waals surface area contributed by atoms with Crippen LogP contribution >= 0.6 is 0 Å². The van der Waals surface area contributed by atoms with Gasteiger partial charge >= 0.3 is 5.97 Å². The number of hydrogen-bond donors (Lipinski definition) is 2. The van der Waals surface area contributed by atoms with Gasteiger partial charge in [0.2, 0.25) is 6.10 Å². The molecular formula is C13H13FN2O4. The van der Waals surface area contributed by atoms with Gasteiger partial charge in [0.25, 0.3) is 5.91 Å². The van der Waals surface area contributed by atoms with Crippen LogP contribution in [0.5, 0.6) is 0 Å². The molecule has 20 heavy (non-hydrogen) atoms. The molecule has 1 aromatic carbocycles. The zero-order valence-electron chi connectivity index (χ0n) is 10.5. The number of hydrogen-bond acceptors (Lipinski definition) is 4. The van der Waals surface area contributed by atoms with Crippen LogP contribution in [0, 0.1) is 5.82 Å². The van der Waals surface area contributed by atoms with Gasteiger partial charge in [-0.3, -0.25) is 4.79 Å². The van der Waals surface area contributed by atoms with E-state index in [9.17, 15) is 14.0 Å². The molecule has 7 heteroatoms. The van der Waals surface area contributed by atoms with Crippen LogP contribution in [-0.2, 0) is 20.8 Å². The van der Waals surface area contributed by atoms with Crippen molar-refractivity contribution in [2.45, 2.75) is 18.9 Å². The van der Waals surface area contributed by atoms with E-state index in [4.69, 9.17) is 9.94 Å². The minimum absolute atomic E-state index is 0.0439. The molecule has 0 spiro atoms. The van der Waals surface area contributed by atoms with Crippen LogP contribution in [0.15, 0.2) is 29.4 Å². The van der Waals surface area contributed by atoms with Crippen molar-refractivity contribution < 1.29 is 23.9 Å². The van der Waals surface area contributed by atoms with Crippen molar-refractivity contribution >= 4 is 17.6 Å². The molecule has 0 saturated heterocycles. The highest BCUT2D eigenvalue weighted by Crippen LogP contribution is 2.10. The fraction of sp³-hybridized carbons (Fsp3) is 0.308. The van der Waals surface area contributed by atoms with E-state index in [0.29, 0.717) is 13.0 Å². The van der Waals surface area contributed by atoms with Crippen molar-refractivity contribution in [2.75, 3.05) is 6.54 Å². The molecule has 1 heterocycles. The molecule has 1 aliphatic rings. The molecule has 1 amide bonds. The maximum Gasteiger partial charge on any atom is 0.353 e. The molecule has 0 fully saturated rings. The Morgan fingerprint density at radius 3 is 2.70 bits per heavy atom. The predicted octanol–water partition coefficient (Wildman–Crippen LogP) is 0.714. The minimum Gasteiger partial charge on any atom is -0.477 e. The van der Waals surface area contributed by atoms with E-state index in [-0.39, 0.29) is 17.9 Å². The highest BCUT2D eigenvalue weighted by atomic mass is 19.1. The van der Waals surface area contributed by atoms with E-state index in [2.05, 4.69) is 10.5 Å². The third-order valence-corrected chi connectivity index (χ3v) is 2.83. The summed E-state index contributed by atoms with van der Waals surface area (Å²) in [6.45, 7) is 0.354. The first kappa shape index (κ1) is 14.0. The highest BCUT2D eigenvalue weighted by Gasteiger charge is 2.31. The van der Waals surface area contributed by atoms with Gasteiger partial charge in [-0.15, -0.1) is 0 Å². The van der Waals surface area contributed by atoms with Gasteiger partial charge < -0.3 is 15.3 Å². The number of oxime groups is 1. The first-order valence-corrected chi connectivity index (χ1v) is 6.04. The predicted molar refractivity (Wildman–Crippen MR) is 67.7 cm³/mol. The lowest BCUT2D eigenvalue weighted by Gasteiger charge is -2.09. The Bertz CT molecular complexity index is 542. The summed E-state index contributed by atoms with van der Waals surface area (Å²) in [5.74, 6) is -1.91. The van der Waals surface area contributed by atoms with Crippen molar-refractivity contribution in [3.63, 3.8) is 0 Å². The fourth-order valence-electron chi connectivity index (χ4n) is 1.74. The van der Waals surface area contributed by atoms with Gasteiger partial charge in [0.1, 0.15) is 5.82 Å². The van der Waals surface area contributed by atoms with Gasteiger partial charge in [0.05, 0.1) is 0 Å². The SMILES string of the molecule is O=C(O)C1=NOC(C(=O)NCCc2ccc(F)cc2)C1. The summed E-state index contributed by atoms with van der Waals surface area (Å²) in [5.41, 5.74) is 0.727. The smallest absolute Gasteiger partial charge is 0.353 e. The van der Waals surface area contributed by atoms with E-state index in [1.54, 1.807) is 12.1 Å². The number of carboxylic acid groups (broad SMARTS) is 1. The molecule has 0 saturated carbocycles. The maximum atomic E-state index is 12.7. The number of rotatable bonds is 5. The summed E-state index contributed by atoms with van der Waals surface area (Å²) < 4.78 is 12.7. The largest absolute Gasteiger partial charge is 0.477 e. The normalized spacial score (nSPS) is 17.2. The Balaban J connectivity index is 1.74. The van der Waals surface area contributed by atoms with Crippen molar-refractivity contribution in [3.8, 4) is 0 Å². The lowest BCUT2D eigenvalue weighted by atomic mass is 10.1. The fourth-order valence-corrected chi connectivity index (χ4v) is 1.74. The number of halogens is 1. The zero-order valence-corrected chi connectivity index (χ0v) is 10.5. The van der Waals surface area contributed by atoms with Crippen molar-refractivity contribution in [3.05, 3.63) is 35.6 Å². The molecule has 1 unspecified atom stereocenters. The highest BCUT2D eigenvalue weighted by molar-refractivity contribution is 6.36. The molecule has 0 bridgehead atoms. The molecule has 106 valence electrons. The molecule has 0 radical (unpaired) electrons. The Morgan fingerprint density at radius 2 is 2.10 bits per heavy atom. The molecule has 2 rings (SSSR count). The average Bonchev–Trinajstić information content (AvgIpc) is 2.91. The standard InChI is InChI=1S/C13H13FN2O4/c14-9-3-1-8(2-4-9)5-6-15-12(17)11-7-10(13(18)19)16-20-11/h1-4,11H,5-7H2,(H,15,17)(H,18,19). The Kier molecular flexibility index (Phi) is 4.29. The summed E-state index contributed by atoms with van der Waals surface area (Å²) in [6.07, 6.45) is -0.391. The van der Waals surface area contributed by atoms with Crippen LogP contribution in [0.3, 0.4) is 0 Å². The van der Waals surface area contributed by atoms with Crippen molar-refractivity contribution in [1.82, 2.24) is 5.32 Å². The van der Waals surface area contributed by atoms with Crippen molar-refractivity contribution in [1.29, 1.82) is 0 Å². The topological polar surface area (TPSA) is 88.0 Å². The monoisotopic (exact) mass is 280 g/mol. The molecule has 1 aromatic rings. The van der Waals surface area contributed by atoms with E-state index in [1.807, 2.05) is 0 Å². The molecule has 0 aromatic heterocycles. The second-order valence-electron chi connectivity index (χ2n) is 4.31. The first-order chi connectivity index (χ1) is 9.56. The third kappa shape index (κ3) is 3.53. The van der Waals surface area contributed by atoms with Crippen molar-refractivity contribution in [2.24, 2.45) is 5.16 Å². The molecule has 2 N–H and O–H groups in total. The van der Waals surface area contributed by atoms with E-state index < -0.39 is 18.0 Å². The van der Waals surface area contributed by atoms with Crippen LogP contribution in [0.4, 0.5) is 4.39 Å². The van der Waals surface area contributed by atoms with Crippen LogP contribution in [0.2, 0.25) is 0 Å². The number of amides is 1. The van der Waals surface area contributed by atoms with Gasteiger partial charge in [0, 0.05) is 13.0 Å². The number of nitrogens with one attached hydrogen (secondary N) is 1. The van der Waals surface area contributed by atoms with Gasteiger partial charge in [0.15, 0.2) is 5.71 Å². The summed E-state index contributed by atoms with van der Waals surface area (Å²) in [6, 6.07) is 5.98. The third-order valence-electron chi connectivity index (χ3n) is 2.83. The number of carbonyl (C=O) groups is 2. The summed E-state index contributed by atoms with van der Waals surface area (Å²) >= 11 is 0. The number of nitrogens with zero attached hydrogens (tertiary/aromatic N) is 1. The summed E-state index contributed by atoms with van der Waals surface area (Å²) in [4.78, 5) is 27.1. The second-order valence-corrected chi connectivity index (χ2v) is 4.31. The minimum atomic E-state index is -1.19. The zero-order chi connectivity index (χ0) is 14.5. The Hall–Kier alpha value is -2.44. The Labute approximate surface area is 114 Å². The summed E-state index contributed by atoms with van der Waals surface area (Å²) in [5, 5.41) is 14.6. The Morgan fingerprint density at radius 1 is 1.40 bits per heavy atom. The molecule has 1 atom stereocenters. The van der Waals surface area contributed by atoms with Gasteiger partial charge in [-0.25, -0.2) is 9.18 Å². The quantitative estimate of drug-likeness (QED) is 0.831. The number of carboxylic acids is 1. The average molecular weight is 280 g/mol. The molecular weight excluding hydrogens is 267 g/mol. The molecule has 0 aliphatic carbocycles. The van der Waals surface area contributed by atoms with E-state index in [1.165, 1.54) is 12.1 Å². The maximum absolute atomic E-state index is 12.7. The van der Waals surface area contributed by atoms with Crippen LogP contribution in [0.1, 0.15) is 12.0 Å². The van der Waals surface area contributed by atoms with Crippen LogP contribution in [-0.4, -0.2) is 35.3 Å². The van der Waals surface area contributed by atoms with Crippen LogP contribution < -0.4 is 5.32 Å². The summed E-state index contributed by atoms with van der Waals surface area (Å²) in [7, 11) is 0. The lowest BCUT2D eigenvalue weighted by Crippen LogP contribution is -2.36.